The van der Waals surface area contributed by atoms with Crippen LogP contribution in [0.15, 0.2) is 57.3 Å². The number of hydrogen-bond acceptors (Lipinski definition) is 6. The van der Waals surface area contributed by atoms with Crippen LogP contribution in [0.4, 0.5) is 15.2 Å². The molecular formula is C18H16BrFN4OS2. The third-order valence-corrected chi connectivity index (χ3v) is 6.03. The van der Waals surface area contributed by atoms with E-state index in [2.05, 4.69) is 36.8 Å². The van der Waals surface area contributed by atoms with Crippen molar-refractivity contribution in [3.63, 3.8) is 0 Å². The Labute approximate surface area is 172 Å². The van der Waals surface area contributed by atoms with Crippen LogP contribution in [0.2, 0.25) is 0 Å². The van der Waals surface area contributed by atoms with Crippen molar-refractivity contribution in [2.45, 2.75) is 23.1 Å². The summed E-state index contributed by atoms with van der Waals surface area (Å²) in [6.07, 6.45) is 0. The zero-order chi connectivity index (χ0) is 19.2. The van der Waals surface area contributed by atoms with Crippen molar-refractivity contribution < 1.29 is 9.18 Å². The quantitative estimate of drug-likeness (QED) is 0.480. The third-order valence-electron chi connectivity index (χ3n) is 3.51. The molecular weight excluding hydrogens is 451 g/mol. The number of nitrogens with zero attached hydrogens (tertiary/aromatic N) is 2. The molecule has 1 heterocycles. The van der Waals surface area contributed by atoms with E-state index in [1.807, 2.05) is 31.2 Å². The number of carbonyl (C=O) groups excluding carboxylic acids is 1. The van der Waals surface area contributed by atoms with E-state index in [1.165, 1.54) is 35.2 Å². The van der Waals surface area contributed by atoms with Crippen LogP contribution in [0.1, 0.15) is 12.5 Å². The number of aromatic nitrogens is 2. The molecule has 0 spiro atoms. The fourth-order valence-electron chi connectivity index (χ4n) is 2.14. The lowest BCUT2D eigenvalue weighted by Crippen LogP contribution is -2.30. The molecule has 9 heteroatoms. The summed E-state index contributed by atoms with van der Waals surface area (Å²) >= 11 is 6.16. The molecule has 3 rings (SSSR count). The van der Waals surface area contributed by atoms with E-state index >= 15 is 0 Å². The van der Waals surface area contributed by atoms with Gasteiger partial charge < -0.3 is 10.6 Å². The minimum Gasteiger partial charge on any atom is -0.351 e. The Morgan fingerprint density at radius 2 is 2.04 bits per heavy atom. The molecule has 2 N–H and O–H groups in total. The van der Waals surface area contributed by atoms with Gasteiger partial charge in [-0.05, 0) is 42.8 Å². The van der Waals surface area contributed by atoms with E-state index in [1.54, 1.807) is 12.1 Å². The summed E-state index contributed by atoms with van der Waals surface area (Å²) in [6, 6.07) is 13.8. The molecule has 0 aliphatic heterocycles. The second kappa shape index (κ2) is 9.29. The zero-order valence-electron chi connectivity index (χ0n) is 14.3. The molecule has 0 saturated carbocycles. The topological polar surface area (TPSA) is 66.9 Å². The fraction of sp³-hybridized carbons (Fsp3) is 0.167. The third kappa shape index (κ3) is 6.02. The number of benzene rings is 2. The van der Waals surface area contributed by atoms with Gasteiger partial charge in [0.2, 0.25) is 11.0 Å². The number of nitrogens with one attached hydrogen (secondary N) is 2. The van der Waals surface area contributed by atoms with Crippen LogP contribution in [0.25, 0.3) is 0 Å². The normalized spacial score (nSPS) is 11.8. The smallest absolute Gasteiger partial charge is 0.233 e. The van der Waals surface area contributed by atoms with Gasteiger partial charge in [0.25, 0.3) is 0 Å². The molecule has 0 aliphatic rings. The molecule has 0 bridgehead atoms. The van der Waals surface area contributed by atoms with E-state index in [0.717, 1.165) is 15.7 Å². The average Bonchev–Trinajstić information content (AvgIpc) is 3.07. The van der Waals surface area contributed by atoms with Crippen molar-refractivity contribution in [2.24, 2.45) is 0 Å². The monoisotopic (exact) mass is 466 g/mol. The molecule has 2 aromatic carbocycles. The molecule has 0 saturated heterocycles. The van der Waals surface area contributed by atoms with Crippen LogP contribution >= 0.6 is 39.0 Å². The van der Waals surface area contributed by atoms with Crippen LogP contribution in [0.3, 0.4) is 0 Å². The van der Waals surface area contributed by atoms with Gasteiger partial charge in [0, 0.05) is 16.7 Å². The Balaban J connectivity index is 1.51. The van der Waals surface area contributed by atoms with Crippen LogP contribution < -0.4 is 10.6 Å². The number of amides is 1. The highest BCUT2D eigenvalue weighted by Gasteiger charge is 2.17. The predicted molar refractivity (Wildman–Crippen MR) is 111 cm³/mol. The van der Waals surface area contributed by atoms with Crippen LogP contribution in [0, 0.1) is 5.82 Å². The van der Waals surface area contributed by atoms with E-state index < -0.39 is 0 Å². The number of hydrogen-bond donors (Lipinski definition) is 2. The van der Waals surface area contributed by atoms with Gasteiger partial charge in [0.05, 0.1) is 5.25 Å². The maximum atomic E-state index is 12.9. The van der Waals surface area contributed by atoms with Crippen molar-refractivity contribution >= 4 is 55.8 Å². The zero-order valence-corrected chi connectivity index (χ0v) is 17.5. The average molecular weight is 467 g/mol. The molecule has 0 fully saturated rings. The van der Waals surface area contributed by atoms with Gasteiger partial charge in [0.15, 0.2) is 4.34 Å². The summed E-state index contributed by atoms with van der Waals surface area (Å²) in [6.45, 7) is 2.17. The summed E-state index contributed by atoms with van der Waals surface area (Å²) < 4.78 is 14.6. The van der Waals surface area contributed by atoms with E-state index in [0.29, 0.717) is 16.0 Å². The molecule has 1 amide bonds. The molecule has 1 unspecified atom stereocenters. The first-order valence-electron chi connectivity index (χ1n) is 8.04. The molecule has 3 aromatic rings. The summed E-state index contributed by atoms with van der Waals surface area (Å²) in [7, 11) is 0. The SMILES string of the molecule is CC(Sc1nnc(Nc2cccc(Br)c2)s1)C(=O)NCc1ccc(F)cc1. The van der Waals surface area contributed by atoms with Crippen molar-refractivity contribution in [3.05, 3.63) is 64.4 Å². The molecule has 1 atom stereocenters. The number of carbonyl (C=O) groups is 1. The molecule has 27 heavy (non-hydrogen) atoms. The maximum Gasteiger partial charge on any atom is 0.233 e. The summed E-state index contributed by atoms with van der Waals surface area (Å²) in [5, 5.41) is 14.6. The number of anilines is 2. The highest BCUT2D eigenvalue weighted by Crippen LogP contribution is 2.30. The Kier molecular flexibility index (Phi) is 6.81. The highest BCUT2D eigenvalue weighted by atomic mass is 79.9. The van der Waals surface area contributed by atoms with E-state index in [-0.39, 0.29) is 17.0 Å². The molecule has 140 valence electrons. The lowest BCUT2D eigenvalue weighted by molar-refractivity contribution is -0.120. The Bertz CT molecular complexity index is 920. The molecule has 0 radical (unpaired) electrons. The van der Waals surface area contributed by atoms with E-state index in [4.69, 9.17) is 0 Å². The van der Waals surface area contributed by atoms with Gasteiger partial charge in [-0.25, -0.2) is 4.39 Å². The largest absolute Gasteiger partial charge is 0.351 e. The Morgan fingerprint density at radius 1 is 1.26 bits per heavy atom. The fourth-order valence-corrected chi connectivity index (χ4v) is 4.48. The van der Waals surface area contributed by atoms with Crippen LogP contribution in [-0.4, -0.2) is 21.4 Å². The lowest BCUT2D eigenvalue weighted by atomic mass is 10.2. The van der Waals surface area contributed by atoms with Gasteiger partial charge in [-0.15, -0.1) is 10.2 Å². The summed E-state index contributed by atoms with van der Waals surface area (Å²) in [5.74, 6) is -0.404. The number of thioether (sulfide) groups is 1. The first-order chi connectivity index (χ1) is 13.0. The van der Waals surface area contributed by atoms with Crippen molar-refractivity contribution in [2.75, 3.05) is 5.32 Å². The van der Waals surface area contributed by atoms with Gasteiger partial charge >= 0.3 is 0 Å². The van der Waals surface area contributed by atoms with Gasteiger partial charge in [0.1, 0.15) is 5.82 Å². The minimum atomic E-state index is -0.322. The van der Waals surface area contributed by atoms with Gasteiger partial charge in [-0.1, -0.05) is 57.2 Å². The summed E-state index contributed by atoms with van der Waals surface area (Å²) in [5.41, 5.74) is 1.75. The number of rotatable bonds is 7. The maximum absolute atomic E-state index is 12.9. The van der Waals surface area contributed by atoms with Crippen molar-refractivity contribution in [1.82, 2.24) is 15.5 Å². The predicted octanol–water partition coefficient (Wildman–Crippen LogP) is 4.98. The minimum absolute atomic E-state index is 0.110. The van der Waals surface area contributed by atoms with Crippen molar-refractivity contribution in [3.8, 4) is 0 Å². The van der Waals surface area contributed by atoms with Crippen LogP contribution in [0.5, 0.6) is 0 Å². The van der Waals surface area contributed by atoms with Crippen LogP contribution in [-0.2, 0) is 11.3 Å². The first-order valence-corrected chi connectivity index (χ1v) is 10.5. The van der Waals surface area contributed by atoms with Crippen molar-refractivity contribution in [1.29, 1.82) is 0 Å². The first kappa shape index (κ1) is 19.8. The van der Waals surface area contributed by atoms with Gasteiger partial charge in [-0.2, -0.15) is 0 Å². The Morgan fingerprint density at radius 3 is 2.78 bits per heavy atom. The molecule has 1 aromatic heterocycles. The van der Waals surface area contributed by atoms with E-state index in [9.17, 15) is 9.18 Å². The second-order valence-corrected chi connectivity index (χ2v) is 9.09. The Hall–Kier alpha value is -1.97. The standard InChI is InChI=1S/C18H16BrFN4OS2/c1-11(16(25)21-10-12-5-7-14(20)8-6-12)26-18-24-23-17(27-18)22-15-4-2-3-13(19)9-15/h2-9,11H,10H2,1H3,(H,21,25)(H,22,23). The molecule has 5 nitrogen and oxygen atoms in total. The second-order valence-electron chi connectivity index (χ2n) is 5.61. The lowest BCUT2D eigenvalue weighted by Gasteiger charge is -2.10. The summed E-state index contributed by atoms with van der Waals surface area (Å²) in [4.78, 5) is 12.3. The number of halogens is 2. The van der Waals surface area contributed by atoms with Gasteiger partial charge in [-0.3, -0.25) is 4.79 Å². The molecule has 0 aliphatic carbocycles. The highest BCUT2D eigenvalue weighted by molar-refractivity contribution is 9.10.